The maximum Gasteiger partial charge on any atom is 0.372 e. The maximum atomic E-state index is 10.3. The number of carboxylic acid groups (broad SMARTS) is 1. The van der Waals surface area contributed by atoms with Gasteiger partial charge in [0.25, 0.3) is 0 Å². The summed E-state index contributed by atoms with van der Waals surface area (Å²) < 4.78 is 4.74. The Kier molecular flexibility index (Phi) is 1.76. The third kappa shape index (κ3) is 1.29. The second kappa shape index (κ2) is 2.57. The van der Waals surface area contributed by atoms with E-state index in [0.717, 1.165) is 0 Å². The highest BCUT2D eigenvalue weighted by Crippen LogP contribution is 2.12. The van der Waals surface area contributed by atoms with Crippen LogP contribution in [0.25, 0.3) is 0 Å². The highest BCUT2D eigenvalue weighted by molar-refractivity contribution is 5.94. The van der Waals surface area contributed by atoms with E-state index >= 15 is 0 Å². The third-order valence-electron chi connectivity index (χ3n) is 1.21. The lowest BCUT2D eigenvalue weighted by atomic mass is 10.2. The van der Waals surface area contributed by atoms with Crippen molar-refractivity contribution in [1.29, 1.82) is 0 Å². The van der Waals surface area contributed by atoms with E-state index in [2.05, 4.69) is 0 Å². The van der Waals surface area contributed by atoms with E-state index in [0.29, 0.717) is 12.0 Å². The first-order valence-electron chi connectivity index (χ1n) is 2.94. The first-order chi connectivity index (χ1) is 5.15. The van der Waals surface area contributed by atoms with Crippen LogP contribution in [0.4, 0.5) is 0 Å². The summed E-state index contributed by atoms with van der Waals surface area (Å²) in [6, 6.07) is 1.39. The average Bonchev–Trinajstić information content (AvgIpc) is 2.30. The summed E-state index contributed by atoms with van der Waals surface area (Å²) in [5, 5.41) is 8.46. The van der Waals surface area contributed by atoms with Crippen LogP contribution >= 0.6 is 0 Å². The minimum absolute atomic E-state index is 0.0787. The van der Waals surface area contributed by atoms with Gasteiger partial charge in [-0.2, -0.15) is 0 Å². The number of hydrogen-bond donors (Lipinski definition) is 1. The van der Waals surface area contributed by atoms with Gasteiger partial charge in [0.1, 0.15) is 5.76 Å². The second-order valence-corrected chi connectivity index (χ2v) is 2.06. The van der Waals surface area contributed by atoms with Gasteiger partial charge in [-0.05, 0) is 13.0 Å². The molecule has 4 heteroatoms. The van der Waals surface area contributed by atoms with Gasteiger partial charge < -0.3 is 9.52 Å². The van der Waals surface area contributed by atoms with E-state index in [1.54, 1.807) is 6.92 Å². The van der Waals surface area contributed by atoms with Crippen LogP contribution in [0.2, 0.25) is 0 Å². The molecular formula is C7H6O4. The molecule has 1 N–H and O–H groups in total. The van der Waals surface area contributed by atoms with Gasteiger partial charge in [-0.25, -0.2) is 4.79 Å². The molecule has 0 aromatic carbocycles. The first-order valence-corrected chi connectivity index (χ1v) is 2.94. The fourth-order valence-electron chi connectivity index (χ4n) is 0.789. The number of carbonyl (C=O) groups is 2. The number of aromatic carboxylic acids is 1. The maximum absolute atomic E-state index is 10.3. The Morgan fingerprint density at radius 3 is 2.73 bits per heavy atom. The molecule has 0 radical (unpaired) electrons. The van der Waals surface area contributed by atoms with Crippen molar-refractivity contribution in [2.75, 3.05) is 0 Å². The van der Waals surface area contributed by atoms with Gasteiger partial charge in [-0.1, -0.05) is 0 Å². The van der Waals surface area contributed by atoms with Crippen LogP contribution in [0.3, 0.4) is 0 Å². The molecule has 1 heterocycles. The number of carbonyl (C=O) groups excluding carboxylic acids is 1. The van der Waals surface area contributed by atoms with E-state index in [1.165, 1.54) is 6.07 Å². The van der Waals surface area contributed by atoms with Crippen molar-refractivity contribution >= 4 is 12.3 Å². The van der Waals surface area contributed by atoms with Gasteiger partial charge in [-0.15, -0.1) is 0 Å². The lowest BCUT2D eigenvalue weighted by Gasteiger charge is -1.85. The minimum Gasteiger partial charge on any atom is -0.475 e. The van der Waals surface area contributed by atoms with Crippen molar-refractivity contribution in [1.82, 2.24) is 0 Å². The zero-order chi connectivity index (χ0) is 8.43. The van der Waals surface area contributed by atoms with Gasteiger partial charge in [0.05, 0.1) is 5.56 Å². The molecule has 0 aliphatic rings. The molecule has 1 aromatic rings. The topological polar surface area (TPSA) is 67.5 Å². The van der Waals surface area contributed by atoms with Crippen LogP contribution in [0.5, 0.6) is 0 Å². The van der Waals surface area contributed by atoms with Gasteiger partial charge in [0, 0.05) is 0 Å². The number of rotatable bonds is 2. The van der Waals surface area contributed by atoms with Gasteiger partial charge in [0.15, 0.2) is 6.29 Å². The number of carboxylic acids is 1. The van der Waals surface area contributed by atoms with Gasteiger partial charge in [-0.3, -0.25) is 4.79 Å². The standard InChI is InChI=1S/C7H6O4/c1-4-2-5(3-8)6(11-4)7(9)10/h2-3H,1H3,(H,9,10). The molecule has 0 unspecified atom stereocenters. The molecule has 0 saturated carbocycles. The monoisotopic (exact) mass is 154 g/mol. The van der Waals surface area contributed by atoms with Crippen molar-refractivity contribution in [3.63, 3.8) is 0 Å². The van der Waals surface area contributed by atoms with Gasteiger partial charge in [0.2, 0.25) is 5.76 Å². The summed E-state index contributed by atoms with van der Waals surface area (Å²) in [5.41, 5.74) is 0.0787. The summed E-state index contributed by atoms with van der Waals surface area (Å²) in [6.45, 7) is 1.58. The molecule has 58 valence electrons. The summed E-state index contributed by atoms with van der Waals surface area (Å²) >= 11 is 0. The average molecular weight is 154 g/mol. The molecule has 1 rings (SSSR count). The Morgan fingerprint density at radius 2 is 2.36 bits per heavy atom. The van der Waals surface area contributed by atoms with Crippen molar-refractivity contribution in [2.24, 2.45) is 0 Å². The Balaban J connectivity index is 3.22. The third-order valence-corrected chi connectivity index (χ3v) is 1.21. The molecule has 0 saturated heterocycles. The Labute approximate surface area is 62.4 Å². The van der Waals surface area contributed by atoms with E-state index in [9.17, 15) is 9.59 Å². The van der Waals surface area contributed by atoms with Gasteiger partial charge >= 0.3 is 5.97 Å². The zero-order valence-electron chi connectivity index (χ0n) is 5.83. The fourth-order valence-corrected chi connectivity index (χ4v) is 0.789. The smallest absolute Gasteiger partial charge is 0.372 e. The molecule has 0 spiro atoms. The zero-order valence-corrected chi connectivity index (χ0v) is 5.83. The highest BCUT2D eigenvalue weighted by atomic mass is 16.4. The lowest BCUT2D eigenvalue weighted by molar-refractivity contribution is 0.0657. The summed E-state index contributed by atoms with van der Waals surface area (Å²) in [4.78, 5) is 20.6. The largest absolute Gasteiger partial charge is 0.475 e. The molecule has 0 aliphatic carbocycles. The van der Waals surface area contributed by atoms with Crippen LogP contribution in [0.1, 0.15) is 26.7 Å². The first kappa shape index (κ1) is 7.53. The van der Waals surface area contributed by atoms with E-state index in [-0.39, 0.29) is 11.3 Å². The summed E-state index contributed by atoms with van der Waals surface area (Å²) in [7, 11) is 0. The van der Waals surface area contributed by atoms with E-state index < -0.39 is 5.97 Å². The van der Waals surface area contributed by atoms with Crippen LogP contribution in [-0.2, 0) is 0 Å². The van der Waals surface area contributed by atoms with Crippen molar-refractivity contribution in [3.8, 4) is 0 Å². The normalized spacial score (nSPS) is 9.55. The number of hydrogen-bond acceptors (Lipinski definition) is 3. The quantitative estimate of drug-likeness (QED) is 0.647. The van der Waals surface area contributed by atoms with Crippen LogP contribution in [0.15, 0.2) is 10.5 Å². The predicted molar refractivity (Wildman–Crippen MR) is 35.8 cm³/mol. The summed E-state index contributed by atoms with van der Waals surface area (Å²) in [5.74, 6) is -1.10. The van der Waals surface area contributed by atoms with Crippen LogP contribution in [-0.4, -0.2) is 17.4 Å². The molecule has 11 heavy (non-hydrogen) atoms. The summed E-state index contributed by atoms with van der Waals surface area (Å²) in [6.07, 6.45) is 0.458. The Morgan fingerprint density at radius 1 is 1.73 bits per heavy atom. The highest BCUT2D eigenvalue weighted by Gasteiger charge is 2.14. The molecule has 4 nitrogen and oxygen atoms in total. The molecular weight excluding hydrogens is 148 g/mol. The SMILES string of the molecule is Cc1cc(C=O)c(C(=O)O)o1. The Bertz CT molecular complexity index is 297. The van der Waals surface area contributed by atoms with Crippen molar-refractivity contribution in [3.05, 3.63) is 23.2 Å². The molecule has 0 atom stereocenters. The minimum atomic E-state index is -1.22. The molecule has 0 fully saturated rings. The number of aryl methyl sites for hydroxylation is 1. The molecule has 0 bridgehead atoms. The lowest BCUT2D eigenvalue weighted by Crippen LogP contribution is -1.97. The second-order valence-electron chi connectivity index (χ2n) is 2.06. The number of aldehydes is 1. The van der Waals surface area contributed by atoms with Crippen LogP contribution < -0.4 is 0 Å². The van der Waals surface area contributed by atoms with E-state index in [1.807, 2.05) is 0 Å². The number of furan rings is 1. The Hall–Kier alpha value is -1.58. The molecule has 0 aliphatic heterocycles. The van der Waals surface area contributed by atoms with Crippen LogP contribution in [0, 0.1) is 6.92 Å². The molecule has 0 amide bonds. The molecule has 1 aromatic heterocycles. The van der Waals surface area contributed by atoms with Crippen molar-refractivity contribution < 1.29 is 19.1 Å². The van der Waals surface area contributed by atoms with Crippen molar-refractivity contribution in [2.45, 2.75) is 6.92 Å². The predicted octanol–water partition coefficient (Wildman–Crippen LogP) is 1.10. The fraction of sp³-hybridized carbons (Fsp3) is 0.143. The van der Waals surface area contributed by atoms with E-state index in [4.69, 9.17) is 9.52 Å².